The average Bonchev–Trinajstić information content (AvgIpc) is 3.31. The normalized spacial score (nSPS) is 12.4. The van der Waals surface area contributed by atoms with Crippen LogP contribution in [0.1, 0.15) is 57.1 Å². The summed E-state index contributed by atoms with van der Waals surface area (Å²) in [5.41, 5.74) is 1.87. The van der Waals surface area contributed by atoms with E-state index in [-0.39, 0.29) is 40.0 Å². The van der Waals surface area contributed by atoms with Crippen molar-refractivity contribution in [1.29, 1.82) is 0 Å². The molecule has 11 heteroatoms. The number of carbonyl (C=O) groups is 3. The van der Waals surface area contributed by atoms with Gasteiger partial charge in [0.05, 0.1) is 30.2 Å². The van der Waals surface area contributed by atoms with Gasteiger partial charge >= 0.3 is 11.9 Å². The summed E-state index contributed by atoms with van der Waals surface area (Å²) in [5, 5.41) is 3.27. The van der Waals surface area contributed by atoms with Crippen LogP contribution in [-0.2, 0) is 27.1 Å². The number of aromatic amines is 1. The molecule has 0 spiro atoms. The quantitative estimate of drug-likeness (QED) is 0.346. The molecule has 0 aromatic carbocycles. The number of hydrogen-bond donors (Lipinski definition) is 2. The number of fused-ring (bicyclic) bond motifs is 1. The van der Waals surface area contributed by atoms with Crippen LogP contribution in [0.3, 0.4) is 0 Å². The second-order valence-electron chi connectivity index (χ2n) is 6.69. The maximum absolute atomic E-state index is 12.5. The highest BCUT2D eigenvalue weighted by atomic mass is 32.2. The molecule has 0 saturated heterocycles. The lowest BCUT2D eigenvalue weighted by atomic mass is 10.1. The van der Waals surface area contributed by atoms with Gasteiger partial charge in [-0.2, -0.15) is 0 Å². The van der Waals surface area contributed by atoms with Crippen molar-refractivity contribution in [3.8, 4) is 0 Å². The topological polar surface area (TPSA) is 127 Å². The van der Waals surface area contributed by atoms with Gasteiger partial charge < -0.3 is 19.8 Å². The number of nitrogens with zero attached hydrogens (tertiary/aromatic N) is 1. The SMILES string of the molecule is CCOC(=O)c1sc(NC(=O)CSc2nc3c(c(=O)[nH]2)CCC3)c(C(=O)OCC)c1C. The second-order valence-corrected chi connectivity index (χ2v) is 8.67. The number of hydrogen-bond acceptors (Lipinski definition) is 9. The first-order valence-electron chi connectivity index (χ1n) is 9.88. The Kier molecular flexibility index (Phi) is 7.50. The summed E-state index contributed by atoms with van der Waals surface area (Å²) in [6.45, 7) is 5.31. The Hall–Kier alpha value is -2.66. The lowest BCUT2D eigenvalue weighted by molar-refractivity contribution is -0.113. The number of nitrogens with one attached hydrogen (secondary N) is 2. The number of carbonyl (C=O) groups excluding carboxylic acids is 3. The van der Waals surface area contributed by atoms with Crippen LogP contribution in [0, 0.1) is 6.92 Å². The molecule has 166 valence electrons. The number of ether oxygens (including phenoxy) is 2. The molecule has 31 heavy (non-hydrogen) atoms. The van der Waals surface area contributed by atoms with Crippen molar-refractivity contribution >= 4 is 45.9 Å². The minimum Gasteiger partial charge on any atom is -0.462 e. The Morgan fingerprint density at radius 3 is 2.58 bits per heavy atom. The van der Waals surface area contributed by atoms with E-state index in [4.69, 9.17) is 9.47 Å². The molecular weight excluding hydrogens is 442 g/mol. The zero-order valence-corrected chi connectivity index (χ0v) is 19.1. The van der Waals surface area contributed by atoms with Gasteiger partial charge in [0, 0.05) is 5.56 Å². The summed E-state index contributed by atoms with van der Waals surface area (Å²) >= 11 is 2.06. The van der Waals surface area contributed by atoms with Crippen molar-refractivity contribution in [2.24, 2.45) is 0 Å². The van der Waals surface area contributed by atoms with Crippen LogP contribution in [0.4, 0.5) is 5.00 Å². The Balaban J connectivity index is 1.76. The molecule has 1 aliphatic carbocycles. The third-order valence-corrected chi connectivity index (χ3v) is 6.66. The Morgan fingerprint density at radius 2 is 1.87 bits per heavy atom. The molecule has 2 heterocycles. The first-order chi connectivity index (χ1) is 14.8. The minimum atomic E-state index is -0.626. The fourth-order valence-corrected chi connectivity index (χ4v) is 5.01. The van der Waals surface area contributed by atoms with E-state index in [0.717, 1.165) is 48.1 Å². The first-order valence-corrected chi connectivity index (χ1v) is 11.7. The van der Waals surface area contributed by atoms with Crippen LogP contribution in [0.5, 0.6) is 0 Å². The van der Waals surface area contributed by atoms with Gasteiger partial charge in [0.15, 0.2) is 5.16 Å². The molecule has 0 saturated carbocycles. The summed E-state index contributed by atoms with van der Waals surface area (Å²) in [4.78, 5) is 56.6. The van der Waals surface area contributed by atoms with E-state index in [9.17, 15) is 19.2 Å². The second kappa shape index (κ2) is 10.1. The van der Waals surface area contributed by atoms with E-state index in [0.29, 0.717) is 16.3 Å². The fourth-order valence-electron chi connectivity index (χ4n) is 3.23. The zero-order chi connectivity index (χ0) is 22.5. The lowest BCUT2D eigenvalue weighted by Gasteiger charge is -2.07. The van der Waals surface area contributed by atoms with Gasteiger partial charge in [-0.1, -0.05) is 11.8 Å². The Morgan fingerprint density at radius 1 is 1.16 bits per heavy atom. The highest BCUT2D eigenvalue weighted by Gasteiger charge is 2.27. The summed E-state index contributed by atoms with van der Waals surface area (Å²) < 4.78 is 10.1. The predicted octanol–water partition coefficient (Wildman–Crippen LogP) is 2.71. The Labute approximate surface area is 186 Å². The summed E-state index contributed by atoms with van der Waals surface area (Å²) in [6.07, 6.45) is 2.38. The monoisotopic (exact) mass is 465 g/mol. The van der Waals surface area contributed by atoms with E-state index < -0.39 is 17.8 Å². The molecule has 2 N–H and O–H groups in total. The minimum absolute atomic E-state index is 0.0321. The standard InChI is InChI=1S/C20H23N3O6S2/c1-4-28-18(26)14-10(3)15(19(27)29-5-2)31-17(14)22-13(24)9-30-20-21-12-8-6-7-11(12)16(25)23-20/h4-9H2,1-3H3,(H,22,24)(H,21,23,25). The number of esters is 2. The molecule has 3 rings (SSSR count). The molecular formula is C20H23N3O6S2. The van der Waals surface area contributed by atoms with Gasteiger partial charge in [0.1, 0.15) is 9.88 Å². The smallest absolute Gasteiger partial charge is 0.348 e. The van der Waals surface area contributed by atoms with Crippen LogP contribution in [0.2, 0.25) is 0 Å². The fraction of sp³-hybridized carbons (Fsp3) is 0.450. The summed E-state index contributed by atoms with van der Waals surface area (Å²) in [7, 11) is 0. The van der Waals surface area contributed by atoms with E-state index in [1.54, 1.807) is 20.8 Å². The van der Waals surface area contributed by atoms with Crippen LogP contribution < -0.4 is 10.9 Å². The molecule has 0 aliphatic heterocycles. The van der Waals surface area contributed by atoms with E-state index in [1.165, 1.54) is 0 Å². The molecule has 0 unspecified atom stereocenters. The highest BCUT2D eigenvalue weighted by Crippen LogP contribution is 2.34. The van der Waals surface area contributed by atoms with Gasteiger partial charge in [-0.15, -0.1) is 11.3 Å². The lowest BCUT2D eigenvalue weighted by Crippen LogP contribution is -2.18. The number of aromatic nitrogens is 2. The number of H-pyrrole nitrogens is 1. The van der Waals surface area contributed by atoms with Gasteiger partial charge in [0.25, 0.3) is 5.56 Å². The van der Waals surface area contributed by atoms with Crippen molar-refractivity contribution in [3.63, 3.8) is 0 Å². The van der Waals surface area contributed by atoms with Gasteiger partial charge in [-0.3, -0.25) is 9.59 Å². The van der Waals surface area contributed by atoms with Gasteiger partial charge in [0.2, 0.25) is 5.91 Å². The van der Waals surface area contributed by atoms with E-state index >= 15 is 0 Å². The molecule has 1 aliphatic rings. The highest BCUT2D eigenvalue weighted by molar-refractivity contribution is 7.99. The molecule has 0 radical (unpaired) electrons. The first kappa shape index (κ1) is 23.0. The van der Waals surface area contributed by atoms with Crippen molar-refractivity contribution in [2.75, 3.05) is 24.3 Å². The Bertz CT molecular complexity index is 1080. The number of rotatable bonds is 8. The third-order valence-electron chi connectivity index (χ3n) is 4.60. The maximum Gasteiger partial charge on any atom is 0.348 e. The molecule has 2 aromatic heterocycles. The number of amides is 1. The van der Waals surface area contributed by atoms with Crippen LogP contribution in [0.15, 0.2) is 9.95 Å². The molecule has 0 atom stereocenters. The van der Waals surface area contributed by atoms with Crippen molar-refractivity contribution < 1.29 is 23.9 Å². The predicted molar refractivity (Wildman–Crippen MR) is 117 cm³/mol. The van der Waals surface area contributed by atoms with E-state index in [1.807, 2.05) is 0 Å². The van der Waals surface area contributed by atoms with Crippen molar-refractivity contribution in [3.05, 3.63) is 37.6 Å². The van der Waals surface area contributed by atoms with Crippen molar-refractivity contribution in [1.82, 2.24) is 9.97 Å². The van der Waals surface area contributed by atoms with Gasteiger partial charge in [-0.05, 0) is 45.6 Å². The van der Waals surface area contributed by atoms with Crippen molar-refractivity contribution in [2.45, 2.75) is 45.2 Å². The van der Waals surface area contributed by atoms with Gasteiger partial charge in [-0.25, -0.2) is 14.6 Å². The molecule has 9 nitrogen and oxygen atoms in total. The number of anilines is 1. The van der Waals surface area contributed by atoms with Crippen LogP contribution >= 0.6 is 23.1 Å². The number of aryl methyl sites for hydroxylation is 1. The van der Waals surface area contributed by atoms with Crippen LogP contribution in [-0.4, -0.2) is 46.8 Å². The molecule has 1 amide bonds. The average molecular weight is 466 g/mol. The van der Waals surface area contributed by atoms with Crippen LogP contribution in [0.25, 0.3) is 0 Å². The third kappa shape index (κ3) is 5.16. The number of thioether (sulfide) groups is 1. The summed E-state index contributed by atoms with van der Waals surface area (Å²) in [6, 6.07) is 0. The zero-order valence-electron chi connectivity index (χ0n) is 17.5. The largest absolute Gasteiger partial charge is 0.462 e. The number of thiophene rings is 1. The maximum atomic E-state index is 12.5. The molecule has 0 fully saturated rings. The summed E-state index contributed by atoms with van der Waals surface area (Å²) in [5.74, 6) is -1.63. The molecule has 0 bridgehead atoms. The van der Waals surface area contributed by atoms with E-state index in [2.05, 4.69) is 15.3 Å². The molecule has 2 aromatic rings.